The number of esters is 1. The lowest BCUT2D eigenvalue weighted by atomic mass is 10.2. The van der Waals surface area contributed by atoms with Crippen LogP contribution in [-0.2, 0) is 23.7 Å². The van der Waals surface area contributed by atoms with Crippen LogP contribution in [0.4, 0.5) is 0 Å². The molecule has 6 heteroatoms. The van der Waals surface area contributed by atoms with Gasteiger partial charge in [-0.3, -0.25) is 0 Å². The molecule has 0 radical (unpaired) electrons. The number of hydrogen-bond acceptors (Lipinski definition) is 5. The highest BCUT2D eigenvalue weighted by Gasteiger charge is 2.59. The van der Waals surface area contributed by atoms with Gasteiger partial charge in [0.1, 0.15) is 0 Å². The molecule has 13 heavy (non-hydrogen) atoms. The highest BCUT2D eigenvalue weighted by molar-refractivity contribution is 6.24. The molecule has 1 saturated heterocycles. The molecule has 0 aromatic heterocycles. The fraction of sp³-hybridized carbons (Fsp3) is 0.857. The molecule has 2 atom stereocenters. The number of methoxy groups -OCH3 is 3. The molecule has 5 nitrogen and oxygen atoms in total. The lowest BCUT2D eigenvalue weighted by Gasteiger charge is -2.24. The van der Waals surface area contributed by atoms with Crippen molar-refractivity contribution < 1.29 is 23.7 Å². The smallest absolute Gasteiger partial charge is 0.371 e. The monoisotopic (exact) mass is 210 g/mol. The zero-order chi connectivity index (χ0) is 10.1. The van der Waals surface area contributed by atoms with Crippen molar-refractivity contribution in [1.82, 2.24) is 0 Å². The summed E-state index contributed by atoms with van der Waals surface area (Å²) in [6.45, 7) is 0. The number of rotatable bonds is 3. The average Bonchev–Trinajstić information content (AvgIpc) is 2.39. The third kappa shape index (κ3) is 1.42. The van der Waals surface area contributed by atoms with Crippen molar-refractivity contribution in [3.05, 3.63) is 0 Å². The van der Waals surface area contributed by atoms with Gasteiger partial charge in [0.2, 0.25) is 6.29 Å². The molecule has 0 aliphatic carbocycles. The molecule has 0 aromatic rings. The molecule has 76 valence electrons. The Balaban J connectivity index is 2.90. The summed E-state index contributed by atoms with van der Waals surface area (Å²) in [5, 5.41) is -0.819. The number of alkyl halides is 1. The SMILES string of the molecule is COC1OC(=O)C(OC)(OC)C1Cl. The quantitative estimate of drug-likeness (QED) is 0.376. The minimum atomic E-state index is -1.55. The van der Waals surface area contributed by atoms with Gasteiger partial charge in [-0.25, -0.2) is 4.79 Å². The van der Waals surface area contributed by atoms with Gasteiger partial charge in [-0.1, -0.05) is 0 Å². The highest BCUT2D eigenvalue weighted by atomic mass is 35.5. The summed E-state index contributed by atoms with van der Waals surface area (Å²) in [6.07, 6.45) is -0.839. The topological polar surface area (TPSA) is 54.0 Å². The van der Waals surface area contributed by atoms with Crippen LogP contribution >= 0.6 is 11.6 Å². The van der Waals surface area contributed by atoms with Gasteiger partial charge in [-0.2, -0.15) is 0 Å². The standard InChI is InChI=1S/C7H11ClO5/c1-10-5-4(8)7(11-2,12-3)6(9)13-5/h4-5H,1-3H3. The van der Waals surface area contributed by atoms with Crippen molar-refractivity contribution in [3.8, 4) is 0 Å². The van der Waals surface area contributed by atoms with Crippen molar-refractivity contribution in [2.75, 3.05) is 21.3 Å². The van der Waals surface area contributed by atoms with E-state index in [1.165, 1.54) is 21.3 Å². The summed E-state index contributed by atoms with van der Waals surface area (Å²) in [5.74, 6) is -2.23. The van der Waals surface area contributed by atoms with Gasteiger partial charge < -0.3 is 18.9 Å². The zero-order valence-electron chi connectivity index (χ0n) is 7.57. The molecular weight excluding hydrogens is 200 g/mol. The Hall–Kier alpha value is -0.360. The van der Waals surface area contributed by atoms with Gasteiger partial charge in [0.25, 0.3) is 5.79 Å². The van der Waals surface area contributed by atoms with Crippen LogP contribution < -0.4 is 0 Å². The lowest BCUT2D eigenvalue weighted by Crippen LogP contribution is -2.47. The number of carbonyl (C=O) groups excluding carboxylic acids is 1. The van der Waals surface area contributed by atoms with E-state index in [1.807, 2.05) is 0 Å². The summed E-state index contributed by atoms with van der Waals surface area (Å²) < 4.78 is 19.4. The molecule has 0 saturated carbocycles. The third-order valence-corrected chi connectivity index (χ3v) is 2.44. The number of ether oxygens (including phenoxy) is 4. The van der Waals surface area contributed by atoms with E-state index in [9.17, 15) is 4.79 Å². The summed E-state index contributed by atoms with van der Waals surface area (Å²) in [4.78, 5) is 11.3. The zero-order valence-corrected chi connectivity index (χ0v) is 8.33. The second-order valence-electron chi connectivity index (χ2n) is 2.49. The molecule has 1 aliphatic heterocycles. The number of hydrogen-bond donors (Lipinski definition) is 0. The Labute approximate surface area is 80.8 Å². The van der Waals surface area contributed by atoms with Gasteiger partial charge in [0, 0.05) is 21.3 Å². The lowest BCUT2D eigenvalue weighted by molar-refractivity contribution is -0.208. The molecule has 1 heterocycles. The molecular formula is C7H11ClO5. The van der Waals surface area contributed by atoms with E-state index in [0.29, 0.717) is 0 Å². The van der Waals surface area contributed by atoms with Crippen molar-refractivity contribution >= 4 is 17.6 Å². The molecule has 0 bridgehead atoms. The van der Waals surface area contributed by atoms with Gasteiger partial charge in [-0.05, 0) is 0 Å². The van der Waals surface area contributed by atoms with Crippen LogP contribution in [0.5, 0.6) is 0 Å². The van der Waals surface area contributed by atoms with Crippen molar-refractivity contribution in [2.24, 2.45) is 0 Å². The van der Waals surface area contributed by atoms with Crippen LogP contribution in [0.2, 0.25) is 0 Å². The Bertz CT molecular complexity index is 203. The molecule has 0 spiro atoms. The molecule has 1 rings (SSSR count). The van der Waals surface area contributed by atoms with Crippen LogP contribution in [0.1, 0.15) is 0 Å². The van der Waals surface area contributed by atoms with E-state index < -0.39 is 23.4 Å². The van der Waals surface area contributed by atoms with E-state index in [-0.39, 0.29) is 0 Å². The van der Waals surface area contributed by atoms with Crippen molar-refractivity contribution in [2.45, 2.75) is 17.5 Å². The van der Waals surface area contributed by atoms with Gasteiger partial charge in [0.15, 0.2) is 5.38 Å². The Morgan fingerprint density at radius 1 is 1.38 bits per heavy atom. The van der Waals surface area contributed by atoms with Gasteiger partial charge in [0.05, 0.1) is 0 Å². The van der Waals surface area contributed by atoms with Crippen LogP contribution in [0, 0.1) is 0 Å². The Kier molecular flexibility index (Phi) is 3.13. The molecule has 1 aliphatic rings. The predicted octanol–water partition coefficient (Wildman–Crippen LogP) is 0.112. The van der Waals surface area contributed by atoms with Crippen LogP contribution in [0.25, 0.3) is 0 Å². The minimum absolute atomic E-state index is 0.677. The number of halogens is 1. The fourth-order valence-electron chi connectivity index (χ4n) is 1.18. The van der Waals surface area contributed by atoms with E-state index in [1.54, 1.807) is 0 Å². The highest BCUT2D eigenvalue weighted by Crippen LogP contribution is 2.34. The van der Waals surface area contributed by atoms with E-state index in [4.69, 9.17) is 30.5 Å². The van der Waals surface area contributed by atoms with Crippen molar-refractivity contribution in [3.63, 3.8) is 0 Å². The maximum Gasteiger partial charge on any atom is 0.371 e. The van der Waals surface area contributed by atoms with E-state index >= 15 is 0 Å². The average molecular weight is 211 g/mol. The second kappa shape index (κ2) is 3.79. The maximum absolute atomic E-state index is 11.3. The maximum atomic E-state index is 11.3. The molecule has 0 aromatic carbocycles. The molecule has 0 amide bonds. The molecule has 0 N–H and O–H groups in total. The number of carbonyl (C=O) groups is 1. The van der Waals surface area contributed by atoms with Crippen LogP contribution in [-0.4, -0.2) is 44.8 Å². The van der Waals surface area contributed by atoms with Crippen molar-refractivity contribution in [1.29, 1.82) is 0 Å². The van der Waals surface area contributed by atoms with Gasteiger partial charge >= 0.3 is 5.97 Å². The summed E-state index contributed by atoms with van der Waals surface area (Å²) >= 11 is 5.88. The summed E-state index contributed by atoms with van der Waals surface area (Å²) in [7, 11) is 4.02. The largest absolute Gasteiger partial charge is 0.430 e. The van der Waals surface area contributed by atoms with Crippen LogP contribution in [0.15, 0.2) is 0 Å². The van der Waals surface area contributed by atoms with Crippen LogP contribution in [0.3, 0.4) is 0 Å². The number of cyclic esters (lactones) is 1. The van der Waals surface area contributed by atoms with Gasteiger partial charge in [-0.15, -0.1) is 11.6 Å². The van der Waals surface area contributed by atoms with E-state index in [0.717, 1.165) is 0 Å². The second-order valence-corrected chi connectivity index (χ2v) is 2.96. The third-order valence-electron chi connectivity index (χ3n) is 1.95. The Morgan fingerprint density at radius 2 is 1.92 bits per heavy atom. The first-order valence-corrected chi connectivity index (χ1v) is 4.04. The minimum Gasteiger partial charge on any atom is -0.430 e. The predicted molar refractivity (Wildman–Crippen MR) is 43.3 cm³/mol. The Morgan fingerprint density at radius 3 is 2.15 bits per heavy atom. The summed E-state index contributed by atoms with van der Waals surface area (Å²) in [6, 6.07) is 0. The summed E-state index contributed by atoms with van der Waals surface area (Å²) in [5.41, 5.74) is 0. The molecule has 1 fully saturated rings. The molecule has 2 unspecified atom stereocenters. The first-order chi connectivity index (χ1) is 6.12. The first kappa shape index (κ1) is 10.7. The van der Waals surface area contributed by atoms with E-state index in [2.05, 4.69) is 0 Å². The normalized spacial score (nSPS) is 31.8. The first-order valence-electron chi connectivity index (χ1n) is 3.60. The fourth-order valence-corrected chi connectivity index (χ4v) is 1.60.